The maximum Gasteiger partial charge on any atom is 0.343 e. The van der Waals surface area contributed by atoms with E-state index < -0.39 is 11.6 Å². The molecule has 1 aliphatic carbocycles. The van der Waals surface area contributed by atoms with Gasteiger partial charge in [-0.05, 0) is 43.6 Å². The van der Waals surface area contributed by atoms with Gasteiger partial charge in [-0.1, -0.05) is 13.3 Å². The summed E-state index contributed by atoms with van der Waals surface area (Å²) in [5, 5.41) is 14.7. The molecule has 6 atom stereocenters. The molecule has 0 radical (unpaired) electrons. The van der Waals surface area contributed by atoms with Crippen LogP contribution in [-0.4, -0.2) is 27.7 Å². The number of ether oxygens (including phenoxy) is 1. The molecule has 0 amide bonds. The molecule has 4 aliphatic rings. The number of nitrogens with zero attached hydrogens (tertiary/aromatic N) is 1. The van der Waals surface area contributed by atoms with Crippen molar-refractivity contribution in [1.29, 1.82) is 0 Å². The SMILES string of the molecule is CC[C@@]1(O)C(=O)OCc2c1cc1n(c2=O)CC2CC3C(N)CCCC3NC12. The summed E-state index contributed by atoms with van der Waals surface area (Å²) in [6.45, 7) is 2.33. The van der Waals surface area contributed by atoms with Crippen LogP contribution in [0.15, 0.2) is 10.9 Å². The van der Waals surface area contributed by atoms with Gasteiger partial charge in [-0.2, -0.15) is 0 Å². The van der Waals surface area contributed by atoms with Gasteiger partial charge < -0.3 is 25.5 Å². The van der Waals surface area contributed by atoms with Gasteiger partial charge in [0.2, 0.25) is 0 Å². The molecule has 4 heterocycles. The summed E-state index contributed by atoms with van der Waals surface area (Å²) in [6, 6.07) is 2.56. The maximum atomic E-state index is 13.1. The molecule has 4 N–H and O–H groups in total. The summed E-state index contributed by atoms with van der Waals surface area (Å²) >= 11 is 0. The minimum atomic E-state index is -1.73. The molecule has 5 unspecified atom stereocenters. The van der Waals surface area contributed by atoms with Crippen molar-refractivity contribution in [2.24, 2.45) is 17.6 Å². The Kier molecular flexibility index (Phi) is 3.80. The Balaban J connectivity index is 1.59. The lowest BCUT2D eigenvalue weighted by Gasteiger charge is -2.45. The number of carbonyl (C=O) groups is 1. The average Bonchev–Trinajstić information content (AvgIpc) is 3.02. The van der Waals surface area contributed by atoms with E-state index in [1.807, 2.05) is 10.6 Å². The molecule has 1 aromatic heterocycles. The van der Waals surface area contributed by atoms with Crippen LogP contribution in [0, 0.1) is 11.8 Å². The number of hydrogen-bond donors (Lipinski definition) is 3. The summed E-state index contributed by atoms with van der Waals surface area (Å²) in [5.74, 6) is 0.113. The second-order valence-corrected chi connectivity index (χ2v) is 8.67. The summed E-state index contributed by atoms with van der Waals surface area (Å²) in [5.41, 5.74) is 6.25. The molecule has 0 aromatic carbocycles. The van der Waals surface area contributed by atoms with Crippen LogP contribution in [0.4, 0.5) is 0 Å². The fourth-order valence-corrected chi connectivity index (χ4v) is 5.80. The highest BCUT2D eigenvalue weighted by Gasteiger charge is 2.49. The van der Waals surface area contributed by atoms with Crippen LogP contribution in [0.3, 0.4) is 0 Å². The lowest BCUT2D eigenvalue weighted by Crippen LogP contribution is -2.54. The fraction of sp³-hybridized carbons (Fsp3) is 0.700. The third-order valence-corrected chi connectivity index (χ3v) is 7.37. The van der Waals surface area contributed by atoms with E-state index in [1.165, 1.54) is 0 Å². The minimum absolute atomic E-state index is 0.0610. The summed E-state index contributed by atoms with van der Waals surface area (Å²) in [7, 11) is 0. The number of esters is 1. The van der Waals surface area contributed by atoms with Gasteiger partial charge in [0, 0.05) is 29.9 Å². The van der Waals surface area contributed by atoms with E-state index in [1.54, 1.807) is 6.92 Å². The predicted molar refractivity (Wildman–Crippen MR) is 97.8 cm³/mol. The molecule has 7 heteroatoms. The van der Waals surface area contributed by atoms with E-state index in [9.17, 15) is 14.7 Å². The molecule has 1 saturated carbocycles. The van der Waals surface area contributed by atoms with Crippen LogP contribution in [-0.2, 0) is 28.3 Å². The number of aromatic nitrogens is 1. The molecule has 1 aromatic rings. The molecule has 0 spiro atoms. The molecule has 5 rings (SSSR count). The molecular formula is C20H27N3O4. The molecule has 2 fully saturated rings. The second-order valence-electron chi connectivity index (χ2n) is 8.67. The van der Waals surface area contributed by atoms with E-state index in [0.717, 1.165) is 31.4 Å². The summed E-state index contributed by atoms with van der Waals surface area (Å²) < 4.78 is 6.95. The highest BCUT2D eigenvalue weighted by Crippen LogP contribution is 2.45. The Morgan fingerprint density at radius 2 is 2.22 bits per heavy atom. The van der Waals surface area contributed by atoms with Gasteiger partial charge in [-0.15, -0.1) is 0 Å². The van der Waals surface area contributed by atoms with Crippen LogP contribution in [0.1, 0.15) is 61.9 Å². The molecule has 27 heavy (non-hydrogen) atoms. The lowest BCUT2D eigenvalue weighted by atomic mass is 9.71. The monoisotopic (exact) mass is 373 g/mol. The zero-order valence-electron chi connectivity index (χ0n) is 15.6. The molecular weight excluding hydrogens is 346 g/mol. The van der Waals surface area contributed by atoms with Gasteiger partial charge in [0.15, 0.2) is 5.60 Å². The maximum absolute atomic E-state index is 13.1. The number of carbonyl (C=O) groups excluding carboxylic acids is 1. The first-order valence-electron chi connectivity index (χ1n) is 10.1. The van der Waals surface area contributed by atoms with Gasteiger partial charge in [0.25, 0.3) is 5.56 Å². The fourth-order valence-electron chi connectivity index (χ4n) is 5.80. The Morgan fingerprint density at radius 1 is 1.41 bits per heavy atom. The number of hydrogen-bond acceptors (Lipinski definition) is 6. The minimum Gasteiger partial charge on any atom is -0.458 e. The number of fused-ring (bicyclic) bond motifs is 5. The normalized spacial score (nSPS) is 39.8. The first-order chi connectivity index (χ1) is 12.9. The van der Waals surface area contributed by atoms with Gasteiger partial charge in [-0.3, -0.25) is 4.79 Å². The number of nitrogens with one attached hydrogen (secondary N) is 1. The topological polar surface area (TPSA) is 107 Å². The number of aliphatic hydroxyl groups is 1. The first-order valence-corrected chi connectivity index (χ1v) is 10.1. The van der Waals surface area contributed by atoms with E-state index in [2.05, 4.69) is 5.32 Å². The Labute approximate surface area is 157 Å². The van der Waals surface area contributed by atoms with Crippen molar-refractivity contribution in [2.45, 2.75) is 75.9 Å². The molecule has 1 saturated heterocycles. The third-order valence-electron chi connectivity index (χ3n) is 7.37. The number of rotatable bonds is 1. The Bertz CT molecular complexity index is 866. The summed E-state index contributed by atoms with van der Waals surface area (Å²) in [4.78, 5) is 25.4. The van der Waals surface area contributed by atoms with E-state index in [4.69, 9.17) is 10.5 Å². The highest BCUT2D eigenvalue weighted by atomic mass is 16.6. The smallest absolute Gasteiger partial charge is 0.343 e. The van der Waals surface area contributed by atoms with Crippen molar-refractivity contribution >= 4 is 5.97 Å². The zero-order valence-corrected chi connectivity index (χ0v) is 15.6. The van der Waals surface area contributed by atoms with Crippen molar-refractivity contribution in [1.82, 2.24) is 9.88 Å². The first kappa shape index (κ1) is 17.4. The van der Waals surface area contributed by atoms with Crippen LogP contribution in [0.25, 0.3) is 0 Å². The van der Waals surface area contributed by atoms with Gasteiger partial charge in [-0.25, -0.2) is 4.79 Å². The Morgan fingerprint density at radius 3 is 3.00 bits per heavy atom. The van der Waals surface area contributed by atoms with Crippen LogP contribution in [0.2, 0.25) is 0 Å². The average molecular weight is 373 g/mol. The Hall–Kier alpha value is -1.70. The van der Waals surface area contributed by atoms with Crippen molar-refractivity contribution in [3.8, 4) is 0 Å². The standard InChI is InChI=1S/C20H27N3O4/c1-2-20(26)13-7-16-17-10(6-11-14(21)4-3-5-15(11)22-17)8-23(16)18(24)12(13)9-27-19(20)25/h7,10-11,14-15,17,22,26H,2-6,8-9,21H2,1H3/t10?,11?,14?,15?,17?,20-/m0/s1. The quantitative estimate of drug-likeness (QED) is 0.625. The van der Waals surface area contributed by atoms with Crippen molar-refractivity contribution in [3.05, 3.63) is 33.2 Å². The number of cyclic esters (lactones) is 1. The van der Waals surface area contributed by atoms with Gasteiger partial charge in [0.05, 0.1) is 11.6 Å². The van der Waals surface area contributed by atoms with Crippen molar-refractivity contribution in [3.63, 3.8) is 0 Å². The molecule has 0 bridgehead atoms. The zero-order chi connectivity index (χ0) is 18.9. The van der Waals surface area contributed by atoms with Gasteiger partial charge >= 0.3 is 5.97 Å². The van der Waals surface area contributed by atoms with Crippen molar-refractivity contribution < 1.29 is 14.6 Å². The van der Waals surface area contributed by atoms with Crippen LogP contribution in [0.5, 0.6) is 0 Å². The largest absolute Gasteiger partial charge is 0.458 e. The second kappa shape index (κ2) is 5.90. The van der Waals surface area contributed by atoms with E-state index >= 15 is 0 Å². The van der Waals surface area contributed by atoms with Crippen molar-refractivity contribution in [2.75, 3.05) is 0 Å². The lowest BCUT2D eigenvalue weighted by molar-refractivity contribution is -0.172. The van der Waals surface area contributed by atoms with Crippen LogP contribution < -0.4 is 16.6 Å². The number of pyridine rings is 1. The van der Waals surface area contributed by atoms with Crippen LogP contribution >= 0.6 is 0 Å². The third kappa shape index (κ3) is 2.31. The van der Waals surface area contributed by atoms with Gasteiger partial charge in [0.1, 0.15) is 6.61 Å². The summed E-state index contributed by atoms with van der Waals surface area (Å²) in [6.07, 6.45) is 4.52. The number of nitrogens with two attached hydrogens (primary N) is 1. The molecule has 3 aliphatic heterocycles. The predicted octanol–water partition coefficient (Wildman–Crippen LogP) is 0.663. The van der Waals surface area contributed by atoms with E-state index in [0.29, 0.717) is 35.5 Å². The molecule has 146 valence electrons. The highest BCUT2D eigenvalue weighted by molar-refractivity contribution is 5.83. The molecule has 7 nitrogen and oxygen atoms in total. The van der Waals surface area contributed by atoms with E-state index in [-0.39, 0.29) is 30.7 Å². The number of piperidine rings is 1.